The number of hydrogen-bond acceptors (Lipinski definition) is 3. The number of nitrogens with zero attached hydrogens (tertiary/aromatic N) is 2. The molecule has 1 unspecified atom stereocenters. The molecule has 5 nitrogen and oxygen atoms in total. The molecule has 0 aliphatic heterocycles. The van der Waals surface area contributed by atoms with Gasteiger partial charge in [-0.25, -0.2) is 0 Å². The molecule has 0 aromatic carbocycles. The van der Waals surface area contributed by atoms with Crippen LogP contribution in [-0.4, -0.2) is 20.7 Å². The van der Waals surface area contributed by atoms with Gasteiger partial charge < -0.3 is 10.3 Å². The van der Waals surface area contributed by atoms with Crippen molar-refractivity contribution in [2.45, 2.75) is 39.2 Å². The van der Waals surface area contributed by atoms with Gasteiger partial charge in [0.25, 0.3) is 0 Å². The summed E-state index contributed by atoms with van der Waals surface area (Å²) in [6, 6.07) is -0.0321. The number of carbonyl (C=O) groups is 1. The number of H-pyrrole nitrogens is 1. The van der Waals surface area contributed by atoms with Crippen LogP contribution in [0.25, 0.3) is 0 Å². The van der Waals surface area contributed by atoms with Crippen LogP contribution in [0.1, 0.15) is 38.6 Å². The molecule has 0 aliphatic carbocycles. The molecule has 0 bridgehead atoms. The predicted octanol–water partition coefficient (Wildman–Crippen LogP) is 1.33. The molecule has 84 valence electrons. The smallest absolute Gasteiger partial charge is 0.219 e. The third-order valence-electron chi connectivity index (χ3n) is 2.19. The van der Waals surface area contributed by atoms with Gasteiger partial charge in [0.1, 0.15) is 5.82 Å². The molecule has 1 amide bonds. The van der Waals surface area contributed by atoms with Crippen LogP contribution >= 0.6 is 12.2 Å². The summed E-state index contributed by atoms with van der Waals surface area (Å²) in [5.74, 6) is 0.560. The Morgan fingerprint density at radius 1 is 1.73 bits per heavy atom. The standard InChI is InChI=1S/C9H16N4OS/c1-3-4-8-11-12-9(15)13(8)6(2)5-7(10)14/h6H,3-5H2,1-2H3,(H2,10,14)(H,12,15). The summed E-state index contributed by atoms with van der Waals surface area (Å²) in [6.45, 7) is 3.98. The van der Waals surface area contributed by atoms with Crippen LogP contribution < -0.4 is 5.73 Å². The molecule has 3 N–H and O–H groups in total. The Morgan fingerprint density at radius 2 is 2.40 bits per heavy atom. The number of primary amides is 1. The molecule has 1 rings (SSSR count). The summed E-state index contributed by atoms with van der Waals surface area (Å²) < 4.78 is 2.41. The van der Waals surface area contributed by atoms with E-state index in [9.17, 15) is 4.79 Å². The summed E-state index contributed by atoms with van der Waals surface area (Å²) in [4.78, 5) is 10.8. The highest BCUT2D eigenvalue weighted by Crippen LogP contribution is 2.14. The van der Waals surface area contributed by atoms with Gasteiger partial charge in [-0.15, -0.1) is 0 Å². The van der Waals surface area contributed by atoms with Crippen molar-refractivity contribution >= 4 is 18.1 Å². The van der Waals surface area contributed by atoms with E-state index in [0.717, 1.165) is 18.7 Å². The third-order valence-corrected chi connectivity index (χ3v) is 2.48. The van der Waals surface area contributed by atoms with Gasteiger partial charge in [-0.2, -0.15) is 5.10 Å². The van der Waals surface area contributed by atoms with Crippen LogP contribution in [-0.2, 0) is 11.2 Å². The van der Waals surface area contributed by atoms with Gasteiger partial charge in [0.15, 0.2) is 4.77 Å². The summed E-state index contributed by atoms with van der Waals surface area (Å²) in [5.41, 5.74) is 5.16. The Bertz CT molecular complexity index is 395. The highest BCUT2D eigenvalue weighted by molar-refractivity contribution is 7.71. The maximum atomic E-state index is 10.8. The van der Waals surface area contributed by atoms with E-state index in [1.807, 2.05) is 11.5 Å². The molecule has 6 heteroatoms. The molecular formula is C9H16N4OS. The van der Waals surface area contributed by atoms with Gasteiger partial charge in [0, 0.05) is 18.9 Å². The van der Waals surface area contributed by atoms with Crippen molar-refractivity contribution in [3.63, 3.8) is 0 Å². The molecular weight excluding hydrogens is 212 g/mol. The second-order valence-electron chi connectivity index (χ2n) is 3.58. The minimum Gasteiger partial charge on any atom is -0.370 e. The minimum atomic E-state index is -0.326. The van der Waals surface area contributed by atoms with Crippen LogP contribution in [0.4, 0.5) is 0 Å². The van der Waals surface area contributed by atoms with Crippen molar-refractivity contribution in [1.29, 1.82) is 0 Å². The topological polar surface area (TPSA) is 76.7 Å². The van der Waals surface area contributed by atoms with Gasteiger partial charge in [-0.3, -0.25) is 9.89 Å². The molecule has 0 radical (unpaired) electrons. The zero-order valence-corrected chi connectivity index (χ0v) is 9.80. The average Bonchev–Trinajstić information content (AvgIpc) is 2.46. The van der Waals surface area contributed by atoms with Gasteiger partial charge in [-0.05, 0) is 25.6 Å². The largest absolute Gasteiger partial charge is 0.370 e. The Labute approximate surface area is 93.7 Å². The first kappa shape index (κ1) is 11.9. The number of amides is 1. The molecule has 0 spiro atoms. The van der Waals surface area contributed by atoms with Crippen molar-refractivity contribution in [3.8, 4) is 0 Å². The predicted molar refractivity (Wildman–Crippen MR) is 59.9 cm³/mol. The van der Waals surface area contributed by atoms with Crippen LogP contribution in [0.3, 0.4) is 0 Å². The van der Waals surface area contributed by atoms with Crippen molar-refractivity contribution in [2.24, 2.45) is 5.73 Å². The van der Waals surface area contributed by atoms with Crippen molar-refractivity contribution in [3.05, 3.63) is 10.6 Å². The lowest BCUT2D eigenvalue weighted by Gasteiger charge is -2.13. The van der Waals surface area contributed by atoms with Crippen molar-refractivity contribution < 1.29 is 4.79 Å². The van der Waals surface area contributed by atoms with Crippen LogP contribution in [0, 0.1) is 4.77 Å². The number of nitrogens with two attached hydrogens (primary N) is 1. The number of carbonyl (C=O) groups excluding carboxylic acids is 1. The molecule has 0 fully saturated rings. The quantitative estimate of drug-likeness (QED) is 0.746. The van der Waals surface area contributed by atoms with E-state index in [1.54, 1.807) is 0 Å². The number of hydrogen-bond donors (Lipinski definition) is 2. The lowest BCUT2D eigenvalue weighted by Crippen LogP contribution is -2.19. The van der Waals surface area contributed by atoms with E-state index in [0.29, 0.717) is 4.77 Å². The highest BCUT2D eigenvalue weighted by Gasteiger charge is 2.13. The number of aromatic amines is 1. The fraction of sp³-hybridized carbons (Fsp3) is 0.667. The molecule has 0 saturated carbocycles. The number of aryl methyl sites for hydroxylation is 1. The van der Waals surface area contributed by atoms with E-state index >= 15 is 0 Å². The first-order valence-electron chi connectivity index (χ1n) is 5.00. The second-order valence-corrected chi connectivity index (χ2v) is 3.97. The Balaban J connectivity index is 2.95. The summed E-state index contributed by atoms with van der Waals surface area (Å²) in [6.07, 6.45) is 2.11. The van der Waals surface area contributed by atoms with Gasteiger partial charge in [0.05, 0.1) is 0 Å². The number of aromatic nitrogens is 3. The van der Waals surface area contributed by atoms with Crippen molar-refractivity contribution in [1.82, 2.24) is 14.8 Å². The molecule has 1 aromatic heterocycles. The van der Waals surface area contributed by atoms with Gasteiger partial charge in [-0.1, -0.05) is 6.92 Å². The lowest BCUT2D eigenvalue weighted by atomic mass is 10.2. The maximum Gasteiger partial charge on any atom is 0.219 e. The number of nitrogens with one attached hydrogen (secondary N) is 1. The molecule has 15 heavy (non-hydrogen) atoms. The van der Waals surface area contributed by atoms with E-state index in [2.05, 4.69) is 17.1 Å². The number of rotatable bonds is 5. The third kappa shape index (κ3) is 2.89. The lowest BCUT2D eigenvalue weighted by molar-refractivity contribution is -0.118. The second kappa shape index (κ2) is 5.06. The molecule has 0 saturated heterocycles. The Morgan fingerprint density at radius 3 is 2.93 bits per heavy atom. The van der Waals surface area contributed by atoms with Crippen LogP contribution in [0.2, 0.25) is 0 Å². The first-order chi connectivity index (χ1) is 7.06. The zero-order chi connectivity index (χ0) is 11.4. The van der Waals surface area contributed by atoms with Gasteiger partial charge >= 0.3 is 0 Å². The summed E-state index contributed by atoms with van der Waals surface area (Å²) in [7, 11) is 0. The van der Waals surface area contributed by atoms with E-state index in [4.69, 9.17) is 18.0 Å². The molecule has 1 aromatic rings. The molecule has 1 atom stereocenters. The Kier molecular flexibility index (Phi) is 4.02. The van der Waals surface area contributed by atoms with Crippen LogP contribution in [0.15, 0.2) is 0 Å². The zero-order valence-electron chi connectivity index (χ0n) is 8.99. The Hall–Kier alpha value is -1.17. The monoisotopic (exact) mass is 228 g/mol. The first-order valence-corrected chi connectivity index (χ1v) is 5.41. The van der Waals surface area contributed by atoms with Crippen molar-refractivity contribution in [2.75, 3.05) is 0 Å². The fourth-order valence-electron chi connectivity index (χ4n) is 1.57. The van der Waals surface area contributed by atoms with E-state index in [1.165, 1.54) is 0 Å². The van der Waals surface area contributed by atoms with Gasteiger partial charge in [0.2, 0.25) is 5.91 Å². The summed E-state index contributed by atoms with van der Waals surface area (Å²) in [5, 5.41) is 6.87. The maximum absolute atomic E-state index is 10.8. The van der Waals surface area contributed by atoms with E-state index in [-0.39, 0.29) is 18.4 Å². The highest BCUT2D eigenvalue weighted by atomic mass is 32.1. The summed E-state index contributed by atoms with van der Waals surface area (Å²) >= 11 is 5.11. The van der Waals surface area contributed by atoms with Crippen LogP contribution in [0.5, 0.6) is 0 Å². The molecule has 1 heterocycles. The fourth-order valence-corrected chi connectivity index (χ4v) is 1.91. The minimum absolute atomic E-state index is 0.0321. The molecule has 0 aliphatic rings. The SMILES string of the molecule is CCCc1n[nH]c(=S)n1C(C)CC(N)=O. The normalized spacial score (nSPS) is 12.7. The van der Waals surface area contributed by atoms with E-state index < -0.39 is 0 Å². The average molecular weight is 228 g/mol.